The molecule has 6 heteroatoms. The Morgan fingerprint density at radius 2 is 2.04 bits per heavy atom. The summed E-state index contributed by atoms with van der Waals surface area (Å²) >= 11 is 0. The van der Waals surface area contributed by atoms with Gasteiger partial charge in [0.2, 0.25) is 5.91 Å². The van der Waals surface area contributed by atoms with Crippen LogP contribution in [0.15, 0.2) is 48.8 Å². The second-order valence-electron chi connectivity index (χ2n) is 7.45. The number of halogens is 1. The highest BCUT2D eigenvalue weighted by Crippen LogP contribution is 2.22. The van der Waals surface area contributed by atoms with E-state index in [0.29, 0.717) is 39.3 Å². The molecular weight excluding hydrogens is 345 g/mol. The quantitative estimate of drug-likeness (QED) is 0.828. The Morgan fingerprint density at radius 1 is 1.15 bits per heavy atom. The van der Waals surface area contributed by atoms with Crippen LogP contribution in [0.4, 0.5) is 4.39 Å². The fraction of sp³-hybridized carbons (Fsp3) is 0.429. The maximum atomic E-state index is 13.5. The van der Waals surface area contributed by atoms with Crippen molar-refractivity contribution in [2.75, 3.05) is 32.8 Å². The van der Waals surface area contributed by atoms with E-state index in [-0.39, 0.29) is 23.7 Å². The minimum Gasteiger partial charge on any atom is -0.379 e. The van der Waals surface area contributed by atoms with E-state index in [0.717, 1.165) is 17.7 Å². The number of rotatable bonds is 4. The summed E-state index contributed by atoms with van der Waals surface area (Å²) in [5, 5.41) is 0. The summed E-state index contributed by atoms with van der Waals surface area (Å²) in [6.07, 6.45) is 3.83. The zero-order valence-electron chi connectivity index (χ0n) is 15.3. The van der Waals surface area contributed by atoms with Gasteiger partial charge in [-0.3, -0.25) is 14.7 Å². The molecule has 0 N–H and O–H groups in total. The third-order valence-corrected chi connectivity index (χ3v) is 5.29. The Kier molecular flexibility index (Phi) is 5.45. The monoisotopic (exact) mass is 369 g/mol. The Bertz CT molecular complexity index is 786. The smallest absolute Gasteiger partial charge is 0.227 e. The van der Waals surface area contributed by atoms with Crippen LogP contribution < -0.4 is 0 Å². The molecule has 1 amide bonds. The van der Waals surface area contributed by atoms with Gasteiger partial charge in [0.25, 0.3) is 0 Å². The van der Waals surface area contributed by atoms with Gasteiger partial charge in [-0.1, -0.05) is 18.2 Å². The summed E-state index contributed by atoms with van der Waals surface area (Å²) in [5.41, 5.74) is 1.89. The van der Waals surface area contributed by atoms with Crippen molar-refractivity contribution in [3.63, 3.8) is 0 Å². The first kappa shape index (κ1) is 18.1. The fourth-order valence-electron chi connectivity index (χ4n) is 3.99. The second kappa shape index (κ2) is 8.15. The van der Waals surface area contributed by atoms with E-state index in [1.54, 1.807) is 24.5 Å². The number of carbonyl (C=O) groups is 1. The van der Waals surface area contributed by atoms with E-state index >= 15 is 0 Å². The highest BCUT2D eigenvalue weighted by Gasteiger charge is 2.35. The van der Waals surface area contributed by atoms with E-state index in [9.17, 15) is 9.18 Å². The molecule has 1 aromatic carbocycles. The third kappa shape index (κ3) is 4.51. The maximum Gasteiger partial charge on any atom is 0.227 e. The number of fused-ring (bicyclic) bond motifs is 3. The standard InChI is InChI=1S/C21H24FN3O2/c22-19-5-1-3-17(7-19)10-24-11-18-12-25(13-20(24)15-27-14-18)21(26)8-16-4-2-6-23-9-16/h1-7,9,18,20H,8,10-15H2/t18-,20+/m1/s1. The molecule has 0 aliphatic carbocycles. The van der Waals surface area contributed by atoms with Crippen LogP contribution in [0, 0.1) is 11.7 Å². The van der Waals surface area contributed by atoms with Gasteiger partial charge >= 0.3 is 0 Å². The number of ether oxygens (including phenoxy) is 1. The van der Waals surface area contributed by atoms with Crippen LogP contribution in [0.2, 0.25) is 0 Å². The molecule has 2 fully saturated rings. The molecule has 27 heavy (non-hydrogen) atoms. The largest absolute Gasteiger partial charge is 0.379 e. The molecule has 0 saturated carbocycles. The van der Waals surface area contributed by atoms with E-state index < -0.39 is 0 Å². The van der Waals surface area contributed by atoms with Gasteiger partial charge in [-0.25, -0.2) is 4.39 Å². The lowest BCUT2D eigenvalue weighted by Gasteiger charge is -2.31. The molecule has 0 unspecified atom stereocenters. The summed E-state index contributed by atoms with van der Waals surface area (Å²) in [7, 11) is 0. The summed E-state index contributed by atoms with van der Waals surface area (Å²) in [6, 6.07) is 10.7. The molecule has 2 atom stereocenters. The number of pyridine rings is 1. The number of benzene rings is 1. The zero-order valence-corrected chi connectivity index (χ0v) is 15.3. The van der Waals surface area contributed by atoms with Gasteiger partial charge < -0.3 is 9.64 Å². The lowest BCUT2D eigenvalue weighted by molar-refractivity contribution is -0.132. The SMILES string of the molecule is O=C(Cc1cccnc1)N1C[C@@H]2COC[C@H](C1)N(Cc1cccc(F)c1)C2. The zero-order chi connectivity index (χ0) is 18.6. The number of carbonyl (C=O) groups excluding carboxylic acids is 1. The van der Waals surface area contributed by atoms with Gasteiger partial charge in [0.05, 0.1) is 25.7 Å². The summed E-state index contributed by atoms with van der Waals surface area (Å²) in [4.78, 5) is 21.3. The Morgan fingerprint density at radius 3 is 2.85 bits per heavy atom. The molecule has 2 aliphatic heterocycles. The van der Waals surface area contributed by atoms with E-state index in [2.05, 4.69) is 9.88 Å². The Labute approximate surface area is 158 Å². The van der Waals surface area contributed by atoms with E-state index in [4.69, 9.17) is 4.74 Å². The molecule has 2 aromatic rings. The molecule has 0 radical (unpaired) electrons. The first-order valence-electron chi connectivity index (χ1n) is 9.40. The molecule has 2 bridgehead atoms. The van der Waals surface area contributed by atoms with Crippen molar-refractivity contribution >= 4 is 5.91 Å². The lowest BCUT2D eigenvalue weighted by Crippen LogP contribution is -2.46. The maximum absolute atomic E-state index is 13.5. The topological polar surface area (TPSA) is 45.7 Å². The average molecular weight is 369 g/mol. The van der Waals surface area contributed by atoms with E-state index in [1.165, 1.54) is 6.07 Å². The van der Waals surface area contributed by atoms with Gasteiger partial charge in [-0.2, -0.15) is 0 Å². The van der Waals surface area contributed by atoms with Crippen molar-refractivity contribution in [2.45, 2.75) is 19.0 Å². The van der Waals surface area contributed by atoms with Crippen LogP contribution in [-0.2, 0) is 22.5 Å². The lowest BCUT2D eigenvalue weighted by atomic mass is 10.1. The van der Waals surface area contributed by atoms with Crippen LogP contribution in [-0.4, -0.2) is 59.6 Å². The van der Waals surface area contributed by atoms with Crippen molar-refractivity contribution in [2.24, 2.45) is 5.92 Å². The predicted octanol–water partition coefficient (Wildman–Crippen LogP) is 2.12. The number of aromatic nitrogens is 1. The molecular formula is C21H24FN3O2. The highest BCUT2D eigenvalue weighted by atomic mass is 19.1. The second-order valence-corrected chi connectivity index (χ2v) is 7.45. The molecule has 4 rings (SSSR count). The van der Waals surface area contributed by atoms with Crippen LogP contribution >= 0.6 is 0 Å². The highest BCUT2D eigenvalue weighted by molar-refractivity contribution is 5.78. The minimum absolute atomic E-state index is 0.124. The molecule has 2 aliphatic rings. The molecule has 2 saturated heterocycles. The fourth-order valence-corrected chi connectivity index (χ4v) is 3.99. The van der Waals surface area contributed by atoms with Gasteiger partial charge in [-0.15, -0.1) is 0 Å². The number of hydrogen-bond donors (Lipinski definition) is 0. The van der Waals surface area contributed by atoms with Gasteiger partial charge in [-0.05, 0) is 29.3 Å². The molecule has 142 valence electrons. The van der Waals surface area contributed by atoms with Gasteiger partial charge in [0.15, 0.2) is 0 Å². The van der Waals surface area contributed by atoms with E-state index in [1.807, 2.05) is 23.1 Å². The van der Waals surface area contributed by atoms with Crippen molar-refractivity contribution in [1.82, 2.24) is 14.8 Å². The summed E-state index contributed by atoms with van der Waals surface area (Å²) in [5.74, 6) is 0.186. The molecule has 1 aromatic heterocycles. The van der Waals surface area contributed by atoms with Crippen LogP contribution in [0.5, 0.6) is 0 Å². The first-order valence-corrected chi connectivity index (χ1v) is 9.40. The number of amides is 1. The molecule has 0 spiro atoms. The predicted molar refractivity (Wildman–Crippen MR) is 99.4 cm³/mol. The number of hydrogen-bond acceptors (Lipinski definition) is 4. The van der Waals surface area contributed by atoms with Crippen molar-refractivity contribution < 1.29 is 13.9 Å². The molecule has 3 heterocycles. The number of nitrogens with zero attached hydrogens (tertiary/aromatic N) is 3. The van der Waals surface area contributed by atoms with Crippen LogP contribution in [0.1, 0.15) is 11.1 Å². The molecule has 5 nitrogen and oxygen atoms in total. The van der Waals surface area contributed by atoms with Crippen molar-refractivity contribution in [1.29, 1.82) is 0 Å². The van der Waals surface area contributed by atoms with Gasteiger partial charge in [0.1, 0.15) is 5.82 Å². The Hall–Kier alpha value is -2.31. The average Bonchev–Trinajstić information content (AvgIpc) is 2.92. The minimum atomic E-state index is -0.213. The van der Waals surface area contributed by atoms with Crippen LogP contribution in [0.25, 0.3) is 0 Å². The third-order valence-electron chi connectivity index (χ3n) is 5.29. The van der Waals surface area contributed by atoms with Crippen LogP contribution in [0.3, 0.4) is 0 Å². The normalized spacial score (nSPS) is 23.1. The first-order chi connectivity index (χ1) is 13.2. The Balaban J connectivity index is 1.47. The summed E-state index contributed by atoms with van der Waals surface area (Å²) in [6.45, 7) is 4.14. The van der Waals surface area contributed by atoms with Crippen molar-refractivity contribution in [3.8, 4) is 0 Å². The summed E-state index contributed by atoms with van der Waals surface area (Å²) < 4.78 is 19.4. The van der Waals surface area contributed by atoms with Crippen molar-refractivity contribution in [3.05, 3.63) is 65.7 Å². The van der Waals surface area contributed by atoms with Gasteiger partial charge in [0, 0.05) is 44.5 Å².